The van der Waals surface area contributed by atoms with Crippen molar-refractivity contribution in [2.75, 3.05) is 11.9 Å². The molecule has 1 aromatic carbocycles. The fraction of sp³-hybridized carbons (Fsp3) is 0.176. The third kappa shape index (κ3) is 3.22. The molecule has 0 aliphatic carbocycles. The van der Waals surface area contributed by atoms with Gasteiger partial charge in [0.1, 0.15) is 16.6 Å². The maximum absolute atomic E-state index is 12.6. The van der Waals surface area contributed by atoms with Gasteiger partial charge in [0.25, 0.3) is 11.5 Å². The van der Waals surface area contributed by atoms with Gasteiger partial charge in [-0.1, -0.05) is 6.07 Å². The molecule has 1 N–H and O–H groups in total. The number of aryl methyl sites for hydroxylation is 2. The number of hydrogen-bond acceptors (Lipinski definition) is 6. The summed E-state index contributed by atoms with van der Waals surface area (Å²) in [5.41, 5.74) is 0.978. The van der Waals surface area contributed by atoms with Gasteiger partial charge in [0.2, 0.25) is 0 Å². The Morgan fingerprint density at radius 1 is 1.48 bits per heavy atom. The van der Waals surface area contributed by atoms with Crippen LogP contribution in [0.5, 0.6) is 5.75 Å². The SMILES string of the molecule is Cc1c(C(=O)Nc2cccc(OCC#N)c2)sc2ncn(C)c(=O)c12. The summed E-state index contributed by atoms with van der Waals surface area (Å²) < 4.78 is 6.61. The molecule has 126 valence electrons. The number of nitrogens with one attached hydrogen (secondary N) is 1. The van der Waals surface area contributed by atoms with E-state index in [1.54, 1.807) is 38.2 Å². The molecule has 2 aromatic heterocycles. The van der Waals surface area contributed by atoms with Crippen LogP contribution in [-0.2, 0) is 7.05 Å². The van der Waals surface area contributed by atoms with E-state index in [1.807, 2.05) is 6.07 Å². The largest absolute Gasteiger partial charge is 0.479 e. The number of nitrogens with zero attached hydrogens (tertiary/aromatic N) is 3. The molecular weight excluding hydrogens is 340 g/mol. The van der Waals surface area contributed by atoms with Crippen molar-refractivity contribution >= 4 is 33.1 Å². The summed E-state index contributed by atoms with van der Waals surface area (Å²) in [5, 5.41) is 11.8. The second kappa shape index (κ2) is 6.75. The van der Waals surface area contributed by atoms with Crippen molar-refractivity contribution in [1.82, 2.24) is 9.55 Å². The molecule has 8 heteroatoms. The van der Waals surface area contributed by atoms with E-state index in [2.05, 4.69) is 10.3 Å². The van der Waals surface area contributed by atoms with Gasteiger partial charge in [-0.15, -0.1) is 11.3 Å². The van der Waals surface area contributed by atoms with Gasteiger partial charge in [0, 0.05) is 18.8 Å². The third-order valence-corrected chi connectivity index (χ3v) is 4.81. The lowest BCUT2D eigenvalue weighted by Gasteiger charge is -2.07. The van der Waals surface area contributed by atoms with Crippen molar-refractivity contribution < 1.29 is 9.53 Å². The topological polar surface area (TPSA) is 97.0 Å². The number of aromatic nitrogens is 2. The van der Waals surface area contributed by atoms with Crippen LogP contribution < -0.4 is 15.6 Å². The van der Waals surface area contributed by atoms with E-state index >= 15 is 0 Å². The minimum Gasteiger partial charge on any atom is -0.479 e. The van der Waals surface area contributed by atoms with Gasteiger partial charge in [-0.3, -0.25) is 9.59 Å². The van der Waals surface area contributed by atoms with E-state index < -0.39 is 0 Å². The molecule has 0 atom stereocenters. The first-order chi connectivity index (χ1) is 12.0. The van der Waals surface area contributed by atoms with Crippen LogP contribution in [0.1, 0.15) is 15.2 Å². The monoisotopic (exact) mass is 354 g/mol. The molecule has 0 fully saturated rings. The first kappa shape index (κ1) is 16.7. The number of nitriles is 1. The number of ether oxygens (including phenoxy) is 1. The number of anilines is 1. The minimum atomic E-state index is -0.319. The summed E-state index contributed by atoms with van der Waals surface area (Å²) >= 11 is 1.18. The second-order valence-electron chi connectivity index (χ2n) is 5.33. The lowest BCUT2D eigenvalue weighted by Crippen LogP contribution is -2.17. The molecule has 0 unspecified atom stereocenters. The molecule has 0 spiro atoms. The van der Waals surface area contributed by atoms with Crippen LogP contribution in [0.15, 0.2) is 35.4 Å². The van der Waals surface area contributed by atoms with Gasteiger partial charge in [-0.05, 0) is 24.6 Å². The summed E-state index contributed by atoms with van der Waals surface area (Å²) in [6, 6.07) is 8.66. The predicted octanol–water partition coefficient (Wildman–Crippen LogP) is 2.46. The minimum absolute atomic E-state index is 0.0677. The smallest absolute Gasteiger partial charge is 0.266 e. The number of carbonyl (C=O) groups excluding carboxylic acids is 1. The van der Waals surface area contributed by atoms with Crippen LogP contribution in [0.3, 0.4) is 0 Å². The molecule has 2 heterocycles. The van der Waals surface area contributed by atoms with E-state index in [0.29, 0.717) is 32.1 Å². The molecule has 0 radical (unpaired) electrons. The number of rotatable bonds is 4. The van der Waals surface area contributed by atoms with Crippen LogP contribution >= 0.6 is 11.3 Å². The highest BCUT2D eigenvalue weighted by atomic mass is 32.1. The standard InChI is InChI=1S/C17H14N4O3S/c1-10-13-16(19-9-21(2)17(13)23)25-14(10)15(22)20-11-4-3-5-12(8-11)24-7-6-18/h3-5,8-9H,7H2,1-2H3,(H,20,22). The molecule has 0 aliphatic rings. The fourth-order valence-corrected chi connectivity index (χ4v) is 3.43. The number of fused-ring (bicyclic) bond motifs is 1. The average Bonchev–Trinajstić information content (AvgIpc) is 2.94. The van der Waals surface area contributed by atoms with Crippen molar-refractivity contribution in [3.8, 4) is 11.8 Å². The highest BCUT2D eigenvalue weighted by molar-refractivity contribution is 7.20. The van der Waals surface area contributed by atoms with Crippen LogP contribution in [-0.4, -0.2) is 22.1 Å². The van der Waals surface area contributed by atoms with E-state index in [0.717, 1.165) is 0 Å². The molecule has 0 saturated carbocycles. The van der Waals surface area contributed by atoms with Crippen molar-refractivity contribution in [1.29, 1.82) is 5.26 Å². The second-order valence-corrected chi connectivity index (χ2v) is 6.32. The van der Waals surface area contributed by atoms with Crippen molar-refractivity contribution in [3.63, 3.8) is 0 Å². The highest BCUT2D eigenvalue weighted by Gasteiger charge is 2.19. The maximum atomic E-state index is 12.6. The summed E-state index contributed by atoms with van der Waals surface area (Å²) in [7, 11) is 1.62. The Morgan fingerprint density at radius 3 is 3.04 bits per heavy atom. The van der Waals surface area contributed by atoms with Gasteiger partial charge < -0.3 is 14.6 Å². The zero-order valence-electron chi connectivity index (χ0n) is 13.6. The Labute approximate surface area is 147 Å². The highest BCUT2D eigenvalue weighted by Crippen LogP contribution is 2.28. The van der Waals surface area contributed by atoms with E-state index in [-0.39, 0.29) is 18.1 Å². The molecule has 3 aromatic rings. The van der Waals surface area contributed by atoms with Gasteiger partial charge in [0.05, 0.1) is 16.6 Å². The maximum Gasteiger partial charge on any atom is 0.266 e. The molecule has 25 heavy (non-hydrogen) atoms. The quantitative estimate of drug-likeness (QED) is 0.776. The lowest BCUT2D eigenvalue weighted by atomic mass is 10.2. The van der Waals surface area contributed by atoms with E-state index in [1.165, 1.54) is 22.2 Å². The van der Waals surface area contributed by atoms with Gasteiger partial charge >= 0.3 is 0 Å². The molecule has 7 nitrogen and oxygen atoms in total. The molecular formula is C17H14N4O3S. The number of benzene rings is 1. The number of carbonyl (C=O) groups is 1. The van der Waals surface area contributed by atoms with Crippen LogP contribution in [0, 0.1) is 18.3 Å². The van der Waals surface area contributed by atoms with Crippen LogP contribution in [0.25, 0.3) is 10.2 Å². The zero-order valence-corrected chi connectivity index (χ0v) is 14.4. The summed E-state index contributed by atoms with van der Waals surface area (Å²) in [4.78, 5) is 30.0. The van der Waals surface area contributed by atoms with Crippen molar-refractivity contribution in [2.45, 2.75) is 6.92 Å². The Balaban J connectivity index is 1.91. The molecule has 0 aliphatic heterocycles. The molecule has 0 saturated heterocycles. The third-order valence-electron chi connectivity index (χ3n) is 3.61. The molecule has 0 bridgehead atoms. The van der Waals surface area contributed by atoms with Gasteiger partial charge in [-0.25, -0.2) is 4.98 Å². The van der Waals surface area contributed by atoms with Crippen molar-refractivity contribution in [2.24, 2.45) is 7.05 Å². The Kier molecular flexibility index (Phi) is 4.50. The Morgan fingerprint density at radius 2 is 2.28 bits per heavy atom. The first-order valence-electron chi connectivity index (χ1n) is 7.37. The fourth-order valence-electron chi connectivity index (χ4n) is 2.39. The van der Waals surface area contributed by atoms with Crippen molar-refractivity contribution in [3.05, 3.63) is 51.4 Å². The number of hydrogen-bond donors (Lipinski definition) is 1. The lowest BCUT2D eigenvalue weighted by molar-refractivity contribution is 0.103. The average molecular weight is 354 g/mol. The first-order valence-corrected chi connectivity index (χ1v) is 8.19. The van der Waals surface area contributed by atoms with Crippen LogP contribution in [0.2, 0.25) is 0 Å². The normalized spacial score (nSPS) is 10.4. The van der Waals surface area contributed by atoms with Crippen LogP contribution in [0.4, 0.5) is 5.69 Å². The van der Waals surface area contributed by atoms with Gasteiger partial charge in [-0.2, -0.15) is 5.26 Å². The van der Waals surface area contributed by atoms with E-state index in [9.17, 15) is 9.59 Å². The summed E-state index contributed by atoms with van der Waals surface area (Å²) in [6.45, 7) is 1.67. The summed E-state index contributed by atoms with van der Waals surface area (Å²) in [6.07, 6.45) is 1.44. The number of thiophene rings is 1. The Bertz CT molecular complexity index is 1060. The Hall–Kier alpha value is -3.18. The predicted molar refractivity (Wildman–Crippen MR) is 95.1 cm³/mol. The van der Waals surface area contributed by atoms with Gasteiger partial charge in [0.15, 0.2) is 6.61 Å². The summed E-state index contributed by atoms with van der Waals surface area (Å²) in [5.74, 6) is 0.169. The van der Waals surface area contributed by atoms with E-state index in [4.69, 9.17) is 10.00 Å². The number of amides is 1. The zero-order chi connectivity index (χ0) is 18.0. The molecule has 1 amide bonds. The molecule has 3 rings (SSSR count).